The Bertz CT molecular complexity index is 323. The molecule has 1 atom stereocenters. The quantitative estimate of drug-likeness (QED) is 0.682. The lowest BCUT2D eigenvalue weighted by atomic mass is 9.70. The summed E-state index contributed by atoms with van der Waals surface area (Å²) in [6, 6.07) is -0.791. The van der Waals surface area contributed by atoms with E-state index in [2.05, 4.69) is 12.2 Å². The normalized spacial score (nSPS) is 28.7. The van der Waals surface area contributed by atoms with E-state index in [0.29, 0.717) is 18.9 Å². The number of amides is 1. The second kappa shape index (κ2) is 6.89. The molecule has 0 spiro atoms. The lowest BCUT2D eigenvalue weighted by molar-refractivity contribution is -0.144. The summed E-state index contributed by atoms with van der Waals surface area (Å²) >= 11 is 0. The van der Waals surface area contributed by atoms with Gasteiger partial charge in [-0.3, -0.25) is 4.79 Å². The minimum atomic E-state index is -0.966. The molecule has 4 N–H and O–H groups in total. The zero-order valence-corrected chi connectivity index (χ0v) is 11.9. The van der Waals surface area contributed by atoms with Crippen molar-refractivity contribution in [3.63, 3.8) is 0 Å². The minimum Gasteiger partial charge on any atom is -0.480 e. The maximum Gasteiger partial charge on any atom is 0.326 e. The Morgan fingerprint density at radius 2 is 2.00 bits per heavy atom. The third kappa shape index (κ3) is 3.93. The van der Waals surface area contributed by atoms with Crippen LogP contribution < -0.4 is 11.1 Å². The van der Waals surface area contributed by atoms with E-state index in [1.54, 1.807) is 0 Å². The number of hydrogen-bond acceptors (Lipinski definition) is 3. The molecule has 0 aromatic rings. The molecule has 110 valence electrons. The molecule has 0 radical (unpaired) electrons. The fourth-order valence-corrected chi connectivity index (χ4v) is 2.70. The van der Waals surface area contributed by atoms with Crippen LogP contribution in [0, 0.1) is 11.3 Å². The molecule has 1 rings (SSSR count). The predicted octanol–water partition coefficient (Wildman–Crippen LogP) is 1.51. The zero-order chi connectivity index (χ0) is 14.5. The maximum atomic E-state index is 12.4. The van der Waals surface area contributed by atoms with E-state index in [-0.39, 0.29) is 5.91 Å². The highest BCUT2D eigenvalue weighted by Gasteiger charge is 2.41. The van der Waals surface area contributed by atoms with Crippen molar-refractivity contribution in [2.45, 2.75) is 58.4 Å². The van der Waals surface area contributed by atoms with Crippen molar-refractivity contribution in [2.75, 3.05) is 6.54 Å². The van der Waals surface area contributed by atoms with E-state index in [9.17, 15) is 9.59 Å². The van der Waals surface area contributed by atoms with Gasteiger partial charge in [-0.1, -0.05) is 20.3 Å². The first-order valence-electron chi connectivity index (χ1n) is 7.19. The molecule has 0 bridgehead atoms. The largest absolute Gasteiger partial charge is 0.480 e. The van der Waals surface area contributed by atoms with Gasteiger partial charge >= 0.3 is 5.97 Å². The number of carboxylic acids is 1. The molecule has 1 fully saturated rings. The minimum absolute atomic E-state index is 0.178. The van der Waals surface area contributed by atoms with Crippen LogP contribution in [-0.4, -0.2) is 29.6 Å². The summed E-state index contributed by atoms with van der Waals surface area (Å²) in [5.74, 6) is -0.521. The van der Waals surface area contributed by atoms with Gasteiger partial charge in [-0.25, -0.2) is 4.79 Å². The monoisotopic (exact) mass is 270 g/mol. The molecule has 5 nitrogen and oxygen atoms in total. The van der Waals surface area contributed by atoms with Crippen molar-refractivity contribution >= 4 is 11.9 Å². The van der Waals surface area contributed by atoms with Gasteiger partial charge in [0.15, 0.2) is 0 Å². The van der Waals surface area contributed by atoms with Gasteiger partial charge in [0.25, 0.3) is 0 Å². The van der Waals surface area contributed by atoms with Crippen molar-refractivity contribution in [1.29, 1.82) is 0 Å². The lowest BCUT2D eigenvalue weighted by Crippen LogP contribution is -2.52. The molecular weight excluding hydrogens is 244 g/mol. The van der Waals surface area contributed by atoms with Crippen LogP contribution in [0.5, 0.6) is 0 Å². The molecule has 1 amide bonds. The Hall–Kier alpha value is -1.10. The van der Waals surface area contributed by atoms with Crippen molar-refractivity contribution in [3.05, 3.63) is 0 Å². The average Bonchev–Trinajstić information content (AvgIpc) is 2.39. The summed E-state index contributed by atoms with van der Waals surface area (Å²) in [6.45, 7) is 4.38. The molecule has 0 saturated heterocycles. The van der Waals surface area contributed by atoms with Gasteiger partial charge in [0, 0.05) is 6.54 Å². The number of carbonyl (C=O) groups is 2. The summed E-state index contributed by atoms with van der Waals surface area (Å²) in [6.07, 6.45) is 4.66. The number of nitrogens with one attached hydrogen (secondary N) is 1. The van der Waals surface area contributed by atoms with Crippen molar-refractivity contribution < 1.29 is 14.7 Å². The van der Waals surface area contributed by atoms with Crippen molar-refractivity contribution in [1.82, 2.24) is 5.32 Å². The summed E-state index contributed by atoms with van der Waals surface area (Å²) in [4.78, 5) is 23.5. The molecule has 0 aromatic heterocycles. The second-order valence-corrected chi connectivity index (χ2v) is 5.82. The Balaban J connectivity index is 2.70. The maximum absolute atomic E-state index is 12.4. The van der Waals surface area contributed by atoms with Crippen LogP contribution in [0.15, 0.2) is 0 Å². The van der Waals surface area contributed by atoms with Gasteiger partial charge in [-0.2, -0.15) is 0 Å². The van der Waals surface area contributed by atoms with Crippen LogP contribution in [0.25, 0.3) is 0 Å². The average molecular weight is 270 g/mol. The highest BCUT2D eigenvalue weighted by atomic mass is 16.4. The second-order valence-electron chi connectivity index (χ2n) is 5.82. The predicted molar refractivity (Wildman–Crippen MR) is 73.6 cm³/mol. The summed E-state index contributed by atoms with van der Waals surface area (Å²) in [7, 11) is 0. The molecule has 1 saturated carbocycles. The molecule has 1 aliphatic carbocycles. The summed E-state index contributed by atoms with van der Waals surface area (Å²) < 4.78 is 0. The van der Waals surface area contributed by atoms with E-state index >= 15 is 0 Å². The number of nitrogens with two attached hydrogens (primary N) is 1. The van der Waals surface area contributed by atoms with Crippen molar-refractivity contribution in [2.24, 2.45) is 17.1 Å². The first-order chi connectivity index (χ1) is 8.95. The third-order valence-electron chi connectivity index (χ3n) is 4.28. The first kappa shape index (κ1) is 16.0. The topological polar surface area (TPSA) is 92.4 Å². The molecule has 0 aromatic carbocycles. The molecule has 0 unspecified atom stereocenters. The van der Waals surface area contributed by atoms with Crippen LogP contribution in [0.2, 0.25) is 0 Å². The van der Waals surface area contributed by atoms with Gasteiger partial charge in [0.1, 0.15) is 6.04 Å². The van der Waals surface area contributed by atoms with Crippen LogP contribution in [0.3, 0.4) is 0 Å². The highest BCUT2D eigenvalue weighted by molar-refractivity contribution is 5.87. The number of carbonyl (C=O) groups excluding carboxylic acids is 1. The highest BCUT2D eigenvalue weighted by Crippen LogP contribution is 2.38. The Morgan fingerprint density at radius 1 is 1.42 bits per heavy atom. The molecular formula is C14H26N2O3. The fourth-order valence-electron chi connectivity index (χ4n) is 2.70. The van der Waals surface area contributed by atoms with Gasteiger partial charge < -0.3 is 16.2 Å². The lowest BCUT2D eigenvalue weighted by Gasteiger charge is -2.37. The van der Waals surface area contributed by atoms with E-state index in [0.717, 1.165) is 32.1 Å². The molecule has 19 heavy (non-hydrogen) atoms. The van der Waals surface area contributed by atoms with Gasteiger partial charge in [-0.05, 0) is 38.0 Å². The standard InChI is InChI=1S/C14H26N2O3/c1-3-4-11(12(17)18)16-13(19)14(9-15)7-5-10(2)6-8-14/h10-11H,3-9,15H2,1-2H3,(H,16,19)(H,17,18)/t10?,11-,14?/m1/s1. The van der Waals surface area contributed by atoms with E-state index in [4.69, 9.17) is 10.8 Å². The Morgan fingerprint density at radius 3 is 2.42 bits per heavy atom. The summed E-state index contributed by atoms with van der Waals surface area (Å²) in [5, 5.41) is 11.8. The molecule has 0 heterocycles. The van der Waals surface area contributed by atoms with Crippen molar-refractivity contribution in [3.8, 4) is 0 Å². The van der Waals surface area contributed by atoms with E-state index in [1.165, 1.54) is 0 Å². The van der Waals surface area contributed by atoms with E-state index < -0.39 is 17.4 Å². The molecule has 5 heteroatoms. The Kier molecular flexibility index (Phi) is 5.79. The third-order valence-corrected chi connectivity index (χ3v) is 4.28. The molecule has 0 aliphatic heterocycles. The molecule has 1 aliphatic rings. The number of aliphatic carboxylic acids is 1. The van der Waals surface area contributed by atoms with Gasteiger partial charge in [-0.15, -0.1) is 0 Å². The smallest absolute Gasteiger partial charge is 0.326 e. The fraction of sp³-hybridized carbons (Fsp3) is 0.857. The van der Waals surface area contributed by atoms with Crippen LogP contribution in [-0.2, 0) is 9.59 Å². The number of rotatable bonds is 6. The van der Waals surface area contributed by atoms with Crippen LogP contribution in [0.1, 0.15) is 52.4 Å². The number of carboxylic acid groups (broad SMARTS) is 1. The van der Waals surface area contributed by atoms with E-state index in [1.807, 2.05) is 6.92 Å². The first-order valence-corrected chi connectivity index (χ1v) is 7.19. The van der Waals surface area contributed by atoms with Crippen LogP contribution >= 0.6 is 0 Å². The van der Waals surface area contributed by atoms with Gasteiger partial charge in [0.2, 0.25) is 5.91 Å². The summed E-state index contributed by atoms with van der Waals surface area (Å²) in [5.41, 5.74) is 5.24. The van der Waals surface area contributed by atoms with Gasteiger partial charge in [0.05, 0.1) is 5.41 Å². The Labute approximate surface area is 114 Å². The SMILES string of the molecule is CCC[C@@H](NC(=O)C1(CN)CCC(C)CC1)C(=O)O. The zero-order valence-electron chi connectivity index (χ0n) is 11.9. The van der Waals surface area contributed by atoms with Crippen LogP contribution in [0.4, 0.5) is 0 Å². The number of hydrogen-bond donors (Lipinski definition) is 3.